The molecule has 0 aliphatic carbocycles. The van der Waals surface area contributed by atoms with Crippen molar-refractivity contribution in [1.29, 1.82) is 0 Å². The average molecular weight is 530 g/mol. The Morgan fingerprint density at radius 2 is 1.76 bits per heavy atom. The summed E-state index contributed by atoms with van der Waals surface area (Å²) in [5.41, 5.74) is 2.07. The molecule has 0 aromatic heterocycles. The average Bonchev–Trinajstić information content (AvgIpc) is 2.74. The lowest BCUT2D eigenvalue weighted by molar-refractivity contribution is -0.137. The van der Waals surface area contributed by atoms with Crippen LogP contribution in [-0.4, -0.2) is 31.2 Å². The summed E-state index contributed by atoms with van der Waals surface area (Å²) in [7, 11) is 0. The van der Waals surface area contributed by atoms with Crippen molar-refractivity contribution in [2.45, 2.75) is 32.9 Å². The number of halogens is 4. The minimum Gasteiger partial charge on any atom is -0.490 e. The Morgan fingerprint density at radius 3 is 2.42 bits per heavy atom. The van der Waals surface area contributed by atoms with Crippen LogP contribution in [0, 0.1) is 0 Å². The lowest BCUT2D eigenvalue weighted by Gasteiger charge is -2.13. The number of anilines is 1. The Balaban J connectivity index is 1.88. The molecule has 0 saturated heterocycles. The van der Waals surface area contributed by atoms with Crippen LogP contribution in [-0.2, 0) is 15.8 Å². The number of benzene rings is 2. The summed E-state index contributed by atoms with van der Waals surface area (Å²) < 4.78 is 50.0. The summed E-state index contributed by atoms with van der Waals surface area (Å²) in [5.74, 6) is -0.0363. The SMILES string of the molecule is CCOc1cc(C=NNC(=O)CCC(=O)Nc2cccc(C(F)(F)F)c2)cc(Br)c1OCC. The molecule has 33 heavy (non-hydrogen) atoms. The van der Waals surface area contributed by atoms with E-state index in [4.69, 9.17) is 9.47 Å². The highest BCUT2D eigenvalue weighted by Crippen LogP contribution is 2.36. The Morgan fingerprint density at radius 1 is 1.06 bits per heavy atom. The number of carbonyl (C=O) groups excluding carboxylic acids is 2. The number of hydrogen-bond donors (Lipinski definition) is 2. The van der Waals surface area contributed by atoms with Crippen LogP contribution in [0.25, 0.3) is 0 Å². The fourth-order valence-corrected chi connectivity index (χ4v) is 3.24. The van der Waals surface area contributed by atoms with E-state index < -0.39 is 23.6 Å². The minimum absolute atomic E-state index is 0.000525. The second-order valence-corrected chi connectivity index (χ2v) is 7.47. The van der Waals surface area contributed by atoms with E-state index in [0.717, 1.165) is 12.1 Å². The summed E-state index contributed by atoms with van der Waals surface area (Å²) >= 11 is 3.41. The molecule has 2 aromatic rings. The van der Waals surface area contributed by atoms with E-state index in [0.29, 0.717) is 34.7 Å². The quantitative estimate of drug-likeness (QED) is 0.329. The van der Waals surface area contributed by atoms with Gasteiger partial charge < -0.3 is 14.8 Å². The molecule has 0 aliphatic heterocycles. The smallest absolute Gasteiger partial charge is 0.416 e. The van der Waals surface area contributed by atoms with E-state index in [-0.39, 0.29) is 18.5 Å². The third kappa shape index (κ3) is 8.41. The van der Waals surface area contributed by atoms with Crippen molar-refractivity contribution in [1.82, 2.24) is 5.43 Å². The molecule has 2 N–H and O–H groups in total. The first-order chi connectivity index (χ1) is 15.6. The first-order valence-corrected chi connectivity index (χ1v) is 10.8. The molecule has 0 saturated carbocycles. The van der Waals surface area contributed by atoms with Gasteiger partial charge in [-0.2, -0.15) is 18.3 Å². The van der Waals surface area contributed by atoms with E-state index in [1.807, 2.05) is 13.8 Å². The molecule has 0 spiro atoms. The molecule has 2 rings (SSSR count). The third-order valence-electron chi connectivity index (χ3n) is 4.08. The van der Waals surface area contributed by atoms with Crippen molar-refractivity contribution in [2.24, 2.45) is 5.10 Å². The number of rotatable bonds is 10. The van der Waals surface area contributed by atoms with Gasteiger partial charge in [0, 0.05) is 18.5 Å². The second-order valence-electron chi connectivity index (χ2n) is 6.62. The molecular formula is C22H23BrF3N3O4. The second kappa shape index (κ2) is 12.2. The number of carbonyl (C=O) groups is 2. The zero-order chi connectivity index (χ0) is 24.4. The van der Waals surface area contributed by atoms with Gasteiger partial charge in [0.1, 0.15) is 0 Å². The molecule has 0 atom stereocenters. The predicted molar refractivity (Wildman–Crippen MR) is 122 cm³/mol. The van der Waals surface area contributed by atoms with Gasteiger partial charge in [0.05, 0.1) is 29.5 Å². The topological polar surface area (TPSA) is 89.0 Å². The Labute approximate surface area is 197 Å². The number of ether oxygens (including phenoxy) is 2. The normalized spacial score (nSPS) is 11.3. The maximum atomic E-state index is 12.7. The molecule has 178 valence electrons. The van der Waals surface area contributed by atoms with Crippen molar-refractivity contribution in [2.75, 3.05) is 18.5 Å². The van der Waals surface area contributed by atoms with Crippen LogP contribution in [0.4, 0.5) is 18.9 Å². The van der Waals surface area contributed by atoms with Crippen LogP contribution in [0.1, 0.15) is 37.8 Å². The number of nitrogens with one attached hydrogen (secondary N) is 2. The number of hydrogen-bond acceptors (Lipinski definition) is 5. The summed E-state index contributed by atoms with van der Waals surface area (Å²) in [6, 6.07) is 7.71. The molecule has 2 aromatic carbocycles. The van der Waals surface area contributed by atoms with Crippen LogP contribution in [0.3, 0.4) is 0 Å². The van der Waals surface area contributed by atoms with Crippen molar-refractivity contribution in [3.05, 3.63) is 52.0 Å². The van der Waals surface area contributed by atoms with Crippen LogP contribution in [0.2, 0.25) is 0 Å². The molecular weight excluding hydrogens is 507 g/mol. The van der Waals surface area contributed by atoms with Gasteiger partial charge in [-0.3, -0.25) is 9.59 Å². The van der Waals surface area contributed by atoms with Gasteiger partial charge in [-0.15, -0.1) is 0 Å². The molecule has 0 radical (unpaired) electrons. The fourth-order valence-electron chi connectivity index (χ4n) is 2.67. The minimum atomic E-state index is -4.51. The highest BCUT2D eigenvalue weighted by molar-refractivity contribution is 9.10. The first-order valence-electron chi connectivity index (χ1n) is 10.0. The van der Waals surface area contributed by atoms with E-state index in [2.05, 4.69) is 31.8 Å². The molecule has 11 heteroatoms. The summed E-state index contributed by atoms with van der Waals surface area (Å²) in [6.45, 7) is 4.59. The summed E-state index contributed by atoms with van der Waals surface area (Å²) in [6.07, 6.45) is -3.52. The predicted octanol–water partition coefficient (Wildman–Crippen LogP) is 5.13. The lowest BCUT2D eigenvalue weighted by atomic mass is 10.2. The molecule has 0 heterocycles. The van der Waals surface area contributed by atoms with Gasteiger partial charge in [0.15, 0.2) is 11.5 Å². The van der Waals surface area contributed by atoms with E-state index in [1.54, 1.807) is 12.1 Å². The number of alkyl halides is 3. The first kappa shape index (κ1) is 26.2. The Bertz CT molecular complexity index is 1010. The van der Waals surface area contributed by atoms with Crippen LogP contribution < -0.4 is 20.2 Å². The summed E-state index contributed by atoms with van der Waals surface area (Å²) in [5, 5.41) is 6.21. The highest BCUT2D eigenvalue weighted by atomic mass is 79.9. The Kier molecular flexibility index (Phi) is 9.71. The number of amides is 2. The van der Waals surface area contributed by atoms with Crippen LogP contribution in [0.5, 0.6) is 11.5 Å². The van der Waals surface area contributed by atoms with Gasteiger partial charge >= 0.3 is 6.18 Å². The monoisotopic (exact) mass is 529 g/mol. The van der Waals surface area contributed by atoms with Crippen LogP contribution in [0.15, 0.2) is 46.0 Å². The van der Waals surface area contributed by atoms with E-state index >= 15 is 0 Å². The van der Waals surface area contributed by atoms with E-state index in [9.17, 15) is 22.8 Å². The Hall–Kier alpha value is -3.08. The third-order valence-corrected chi connectivity index (χ3v) is 4.67. The highest BCUT2D eigenvalue weighted by Gasteiger charge is 2.30. The number of hydrazone groups is 1. The zero-order valence-electron chi connectivity index (χ0n) is 18.0. The van der Waals surface area contributed by atoms with Gasteiger partial charge in [-0.05, 0) is 65.7 Å². The molecule has 0 unspecified atom stereocenters. The van der Waals surface area contributed by atoms with Gasteiger partial charge in [0.25, 0.3) is 0 Å². The number of nitrogens with zero attached hydrogens (tertiary/aromatic N) is 1. The summed E-state index contributed by atoms with van der Waals surface area (Å²) in [4.78, 5) is 23.9. The standard InChI is InChI=1S/C22H23BrF3N3O4/c1-3-32-18-11-14(10-17(23)21(18)33-4-2)13-27-29-20(31)9-8-19(30)28-16-7-5-6-15(12-16)22(24,25)26/h5-7,10-13H,3-4,8-9H2,1-2H3,(H,28,30)(H,29,31). The maximum Gasteiger partial charge on any atom is 0.416 e. The molecule has 0 aliphatic rings. The molecule has 0 bridgehead atoms. The fraction of sp³-hybridized carbons (Fsp3) is 0.318. The van der Waals surface area contributed by atoms with Crippen molar-refractivity contribution in [3.8, 4) is 11.5 Å². The van der Waals surface area contributed by atoms with Gasteiger partial charge in [-0.25, -0.2) is 5.43 Å². The molecule has 2 amide bonds. The largest absolute Gasteiger partial charge is 0.490 e. The van der Waals surface area contributed by atoms with Crippen molar-refractivity contribution < 1.29 is 32.2 Å². The maximum absolute atomic E-state index is 12.7. The van der Waals surface area contributed by atoms with Crippen molar-refractivity contribution >= 4 is 39.6 Å². The van der Waals surface area contributed by atoms with Crippen molar-refractivity contribution in [3.63, 3.8) is 0 Å². The zero-order valence-corrected chi connectivity index (χ0v) is 19.5. The van der Waals surface area contributed by atoms with Crippen LogP contribution >= 0.6 is 15.9 Å². The lowest BCUT2D eigenvalue weighted by Crippen LogP contribution is -2.20. The van der Waals surface area contributed by atoms with E-state index in [1.165, 1.54) is 18.3 Å². The molecule has 0 fully saturated rings. The van der Waals surface area contributed by atoms with Gasteiger partial charge in [-0.1, -0.05) is 6.07 Å². The van der Waals surface area contributed by atoms with Gasteiger partial charge in [0.2, 0.25) is 11.8 Å². The molecule has 7 nitrogen and oxygen atoms in total.